The summed E-state index contributed by atoms with van der Waals surface area (Å²) in [5, 5.41) is 86.3. The van der Waals surface area contributed by atoms with Crippen molar-refractivity contribution in [1.82, 2.24) is 21.3 Å². The van der Waals surface area contributed by atoms with Gasteiger partial charge in [-0.25, -0.2) is 0 Å². The fourth-order valence-corrected chi connectivity index (χ4v) is 11.4. The minimum Gasteiger partial charge on any atom is -0.490 e. The summed E-state index contributed by atoms with van der Waals surface area (Å²) >= 11 is 0. The second-order valence-corrected chi connectivity index (χ2v) is 27.3. The van der Waals surface area contributed by atoms with Crippen LogP contribution in [0.15, 0.2) is 93.5 Å². The molecule has 0 aliphatic carbocycles. The van der Waals surface area contributed by atoms with Crippen LogP contribution in [0.25, 0.3) is 0 Å². The van der Waals surface area contributed by atoms with E-state index in [9.17, 15) is 63.3 Å². The fourth-order valence-electron chi connectivity index (χ4n) is 11.4. The van der Waals surface area contributed by atoms with Gasteiger partial charge in [-0.3, -0.25) is 4.79 Å². The lowest BCUT2D eigenvalue weighted by Gasteiger charge is -2.31. The molecule has 4 aromatic rings. The fraction of sp³-hybridized carbons (Fsp3) is 0.623. The molecule has 29 heteroatoms. The van der Waals surface area contributed by atoms with E-state index < -0.39 is 70.5 Å². The lowest BCUT2D eigenvalue weighted by atomic mass is 9.79. The molecule has 0 bridgehead atoms. The number of carbonyl (C=O) groups excluding carboxylic acids is 1. The highest BCUT2D eigenvalue weighted by Gasteiger charge is 2.60. The minimum atomic E-state index is -4.80. The third kappa shape index (κ3) is 21.2. The smallest absolute Gasteiger partial charge is 0.417 e. The summed E-state index contributed by atoms with van der Waals surface area (Å²) in [7, 11) is 0. The highest BCUT2D eigenvalue weighted by atomic mass is 19.4. The zero-order valence-corrected chi connectivity index (χ0v) is 58.7. The number of hydrogen-bond acceptors (Lipinski definition) is 26. The number of fused-ring (bicyclic) bond motifs is 4. The van der Waals surface area contributed by atoms with Crippen LogP contribution < -0.4 is 61.5 Å². The number of halogens is 3. The van der Waals surface area contributed by atoms with Gasteiger partial charge in [0.2, 0.25) is 5.54 Å². The summed E-state index contributed by atoms with van der Waals surface area (Å²) in [6.45, 7) is 28.3. The molecule has 98 heavy (non-hydrogen) atoms. The number of ketones is 1. The lowest BCUT2D eigenvalue weighted by Crippen LogP contribution is -2.46. The summed E-state index contributed by atoms with van der Waals surface area (Å²) in [6.07, 6.45) is -7.51. The summed E-state index contributed by atoms with van der Waals surface area (Å²) in [5.74, 6) is -0.286. The molecule has 4 aliphatic heterocycles. The van der Waals surface area contributed by atoms with Gasteiger partial charge in [0.15, 0.2) is 16.9 Å². The number of alkyl halides is 3. The summed E-state index contributed by atoms with van der Waals surface area (Å²) in [5.41, 5.74) is -0.333. The number of anilines is 4. The van der Waals surface area contributed by atoms with Crippen LogP contribution in [-0.2, 0) is 4.79 Å². The quantitative estimate of drug-likeness (QED) is 0.0197. The number of nitriles is 1. The average Bonchev–Trinajstić information content (AvgIpc) is 1.55. The maximum absolute atomic E-state index is 13.5. The molecule has 12 N–H and O–H groups in total. The Labute approximate surface area is 572 Å². The van der Waals surface area contributed by atoms with Crippen molar-refractivity contribution >= 4 is 28.5 Å². The second kappa shape index (κ2) is 36.4. The highest BCUT2D eigenvalue weighted by Crippen LogP contribution is 2.52. The Kier molecular flexibility index (Phi) is 30.1. The van der Waals surface area contributed by atoms with E-state index >= 15 is 0 Å². The molecular formula is C69H102F3N13O13. The first kappa shape index (κ1) is 81.0. The van der Waals surface area contributed by atoms with Gasteiger partial charge in [-0.1, -0.05) is 95.2 Å². The maximum Gasteiger partial charge on any atom is 0.417 e. The van der Waals surface area contributed by atoms with Crippen LogP contribution in [0.4, 0.5) is 35.9 Å². The van der Waals surface area contributed by atoms with Gasteiger partial charge >= 0.3 is 6.18 Å². The van der Waals surface area contributed by atoms with Crippen molar-refractivity contribution in [2.75, 3.05) is 100 Å². The second-order valence-electron chi connectivity index (χ2n) is 27.3. The number of carbonyl (C=O) groups is 1. The van der Waals surface area contributed by atoms with E-state index in [0.29, 0.717) is 74.8 Å². The molecule has 4 aliphatic rings. The lowest BCUT2D eigenvalue weighted by molar-refractivity contribution is -0.185. The molecule has 0 saturated carbocycles. The molecule has 0 radical (unpaired) electrons. The number of hydrogen-bond donors (Lipinski definition) is 12. The van der Waals surface area contributed by atoms with E-state index in [2.05, 4.69) is 63.2 Å². The van der Waals surface area contributed by atoms with Gasteiger partial charge in [0.1, 0.15) is 79.4 Å². The van der Waals surface area contributed by atoms with Gasteiger partial charge < -0.3 is 81.9 Å². The largest absolute Gasteiger partial charge is 0.490 e. The molecule has 26 nitrogen and oxygen atoms in total. The van der Waals surface area contributed by atoms with E-state index in [1.54, 1.807) is 31.2 Å². The predicted molar refractivity (Wildman–Crippen MR) is 374 cm³/mol. The minimum absolute atomic E-state index is 0.0443. The van der Waals surface area contributed by atoms with E-state index in [0.717, 1.165) is 40.7 Å². The zero-order chi connectivity index (χ0) is 72.9. The zero-order valence-electron chi connectivity index (χ0n) is 58.7. The Hall–Kier alpha value is -7.69. The topological polar surface area (TPSA) is 373 Å². The van der Waals surface area contributed by atoms with Crippen molar-refractivity contribution in [2.45, 2.75) is 198 Å². The summed E-state index contributed by atoms with van der Waals surface area (Å²) < 4.78 is 63.4. The Morgan fingerprint density at radius 3 is 1.06 bits per heavy atom. The molecule has 0 fully saturated rings. The number of aliphatic hydroxyl groups excluding tert-OH is 4. The molecule has 11 unspecified atom stereocenters. The van der Waals surface area contributed by atoms with Crippen LogP contribution in [0.1, 0.15) is 143 Å². The van der Waals surface area contributed by atoms with E-state index in [1.165, 1.54) is 19.9 Å². The SMILES string of the molecule is CC(=O)C(C)(N=O)C1CNc2cccc(OCC(O)CNC(C)C)c21.CC(C)NCC(O)COc1cccc2c1C(C(C)(C#N)N=O)CN2.CC(C)NCC(O)COc1cccc2c1C(C(C)(C)N=O)CN2.CC(C)NCC(O)COc1cccc2c1C(C(C)(N=O)C(F)(F)F)CN2. The van der Waals surface area contributed by atoms with Crippen LogP contribution >= 0.6 is 0 Å². The van der Waals surface area contributed by atoms with Crippen LogP contribution in [0, 0.1) is 31.0 Å². The molecule has 0 spiro atoms. The Bertz CT molecular complexity index is 3310. The van der Waals surface area contributed by atoms with Crippen molar-refractivity contribution in [1.29, 1.82) is 5.26 Å². The van der Waals surface area contributed by atoms with Crippen LogP contribution in [0.3, 0.4) is 0 Å². The van der Waals surface area contributed by atoms with Crippen LogP contribution in [-0.4, -0.2) is 182 Å². The molecule has 4 heterocycles. The van der Waals surface area contributed by atoms with Gasteiger partial charge in [0.25, 0.3) is 0 Å². The molecule has 542 valence electrons. The average molecular weight is 1380 g/mol. The Balaban J connectivity index is 0.000000236. The first-order chi connectivity index (χ1) is 46.1. The molecule has 8 rings (SSSR count). The summed E-state index contributed by atoms with van der Waals surface area (Å²) in [6, 6.07) is 24.6. The van der Waals surface area contributed by atoms with Crippen molar-refractivity contribution in [3.8, 4) is 29.1 Å². The van der Waals surface area contributed by atoms with Gasteiger partial charge in [-0.15, -0.1) is 14.7 Å². The van der Waals surface area contributed by atoms with Crippen LogP contribution in [0.5, 0.6) is 23.0 Å². The number of nitrogens with one attached hydrogen (secondary N) is 8. The van der Waals surface area contributed by atoms with Gasteiger partial charge in [-0.05, 0) is 95.3 Å². The normalized spacial score (nSPS) is 19.6. The van der Waals surface area contributed by atoms with Crippen molar-refractivity contribution in [3.05, 3.63) is 115 Å². The van der Waals surface area contributed by atoms with Crippen LogP contribution in [0.2, 0.25) is 0 Å². The maximum atomic E-state index is 13.5. The first-order valence-electron chi connectivity index (χ1n) is 33.2. The number of nitroso groups, excluding NO2 is 4. The number of ether oxygens (including phenoxy) is 4. The number of aliphatic hydroxyl groups is 4. The van der Waals surface area contributed by atoms with Gasteiger partial charge in [0, 0.05) is 145 Å². The molecule has 0 amide bonds. The van der Waals surface area contributed by atoms with Crippen molar-refractivity contribution < 1.29 is 57.3 Å². The monoisotopic (exact) mass is 1380 g/mol. The molecule has 0 aromatic heterocycles. The molecule has 0 saturated heterocycles. The van der Waals surface area contributed by atoms with Gasteiger partial charge in [-0.2, -0.15) is 23.3 Å². The standard InChI is InChI=1S/C18H27N3O4.C17H24F3N3O3.C17H24N4O3.C17H27N3O3/c1-11(2)19-8-13(23)10-25-16-7-5-6-15-17(16)14(9-20-15)18(4,21-24)12(3)22;1-10(2)21-7-11(24)9-26-14-6-4-5-13-15(14)12(8-22-13)16(3,23-25)17(18,19)20;1-11(2)19-7-12(22)9-24-15-6-4-5-14-16(15)13(8-20-14)17(3,10-18)21-23;1-11(2)18-8-12(21)10-23-15-7-5-6-14-16(15)13(9-19-14)17(3,4)20-22/h5-7,11,13-14,19-20,23H,8-10H2,1-4H3;4-6,10-12,21-22,24H,7-9H2,1-3H3;4-6,11-13,19-20,22H,7-9H2,1-3H3;5-7,11-13,18-19,21H,8-10H2,1-4H3. The van der Waals surface area contributed by atoms with E-state index in [4.69, 9.17) is 18.9 Å². The summed E-state index contributed by atoms with van der Waals surface area (Å²) in [4.78, 5) is 56.9. The number of rotatable bonds is 33. The molecule has 11 atom stereocenters. The Morgan fingerprint density at radius 2 is 0.786 bits per heavy atom. The predicted octanol–water partition coefficient (Wildman–Crippen LogP) is 9.53. The molecular weight excluding hydrogens is 1280 g/mol. The highest BCUT2D eigenvalue weighted by molar-refractivity contribution is 5.88. The first-order valence-corrected chi connectivity index (χ1v) is 33.2. The number of benzene rings is 4. The molecule has 4 aromatic carbocycles. The third-order valence-corrected chi connectivity index (χ3v) is 17.6. The van der Waals surface area contributed by atoms with Gasteiger partial charge in [0.05, 0.1) is 6.07 Å². The van der Waals surface area contributed by atoms with Crippen molar-refractivity contribution in [2.24, 2.45) is 20.7 Å². The number of nitrogens with zero attached hydrogens (tertiary/aromatic N) is 5. The number of Topliss-reactive ketones (excluding diaryl/α,β-unsaturated/α-hetero) is 1. The third-order valence-electron chi connectivity index (χ3n) is 17.6. The van der Waals surface area contributed by atoms with E-state index in [-0.39, 0.29) is 74.1 Å². The Morgan fingerprint density at radius 1 is 0.490 bits per heavy atom. The van der Waals surface area contributed by atoms with Crippen molar-refractivity contribution in [3.63, 3.8) is 0 Å². The van der Waals surface area contributed by atoms with E-state index in [1.807, 2.05) is 118 Å².